The number of benzene rings is 2. The van der Waals surface area contributed by atoms with E-state index < -0.39 is 5.97 Å². The Morgan fingerprint density at radius 2 is 1.74 bits per heavy atom. The van der Waals surface area contributed by atoms with Crippen molar-refractivity contribution in [2.45, 2.75) is 33.6 Å². The van der Waals surface area contributed by atoms with Crippen molar-refractivity contribution in [1.29, 1.82) is 0 Å². The van der Waals surface area contributed by atoms with Gasteiger partial charge in [-0.2, -0.15) is 0 Å². The second-order valence-corrected chi connectivity index (χ2v) is 5.84. The molecule has 0 amide bonds. The summed E-state index contributed by atoms with van der Waals surface area (Å²) in [5.74, 6) is 0.362. The SMILES string of the molecule is C=CC.CCCCNc1cc(C(=O)O)cc(NCC)c1Oc1ccccc1. The zero-order valence-electron chi connectivity index (χ0n) is 16.4. The molecule has 2 aromatic carbocycles. The zero-order chi connectivity index (χ0) is 20.1. The van der Waals surface area contributed by atoms with E-state index in [2.05, 4.69) is 24.1 Å². The summed E-state index contributed by atoms with van der Waals surface area (Å²) in [5.41, 5.74) is 1.58. The topological polar surface area (TPSA) is 70.6 Å². The number of carboxylic acid groups (broad SMARTS) is 1. The van der Waals surface area contributed by atoms with Gasteiger partial charge in [0.05, 0.1) is 16.9 Å². The Morgan fingerprint density at radius 3 is 2.26 bits per heavy atom. The summed E-state index contributed by atoms with van der Waals surface area (Å²) in [6, 6.07) is 12.7. The van der Waals surface area contributed by atoms with Crippen LogP contribution in [-0.4, -0.2) is 24.2 Å². The number of hydrogen-bond acceptors (Lipinski definition) is 4. The molecule has 0 aliphatic carbocycles. The lowest BCUT2D eigenvalue weighted by Crippen LogP contribution is -2.08. The molecule has 0 aliphatic heterocycles. The van der Waals surface area contributed by atoms with E-state index >= 15 is 0 Å². The molecule has 0 fully saturated rings. The minimum atomic E-state index is -0.959. The fraction of sp³-hybridized carbons (Fsp3) is 0.318. The average molecular weight is 370 g/mol. The quantitative estimate of drug-likeness (QED) is 0.372. The molecule has 27 heavy (non-hydrogen) atoms. The van der Waals surface area contributed by atoms with E-state index in [-0.39, 0.29) is 5.56 Å². The van der Waals surface area contributed by atoms with Crippen LogP contribution in [0.2, 0.25) is 0 Å². The van der Waals surface area contributed by atoms with E-state index in [0.29, 0.717) is 29.4 Å². The average Bonchev–Trinajstić information content (AvgIpc) is 2.65. The predicted octanol–water partition coefficient (Wildman–Crippen LogP) is 6.01. The van der Waals surface area contributed by atoms with Crippen LogP contribution in [0.3, 0.4) is 0 Å². The fourth-order valence-corrected chi connectivity index (χ4v) is 2.32. The highest BCUT2D eigenvalue weighted by atomic mass is 16.5. The van der Waals surface area contributed by atoms with Crippen LogP contribution in [0.5, 0.6) is 11.5 Å². The first-order chi connectivity index (χ1) is 13.1. The van der Waals surface area contributed by atoms with Crippen LogP contribution < -0.4 is 15.4 Å². The molecule has 5 heteroatoms. The Bertz CT molecular complexity index is 715. The molecule has 0 bridgehead atoms. The van der Waals surface area contributed by atoms with Crippen molar-refractivity contribution in [3.63, 3.8) is 0 Å². The molecule has 3 N–H and O–H groups in total. The number of carboxylic acids is 1. The van der Waals surface area contributed by atoms with E-state index in [0.717, 1.165) is 19.4 Å². The normalized spacial score (nSPS) is 9.59. The van der Waals surface area contributed by atoms with Gasteiger partial charge in [-0.1, -0.05) is 37.6 Å². The minimum Gasteiger partial charge on any atom is -0.478 e. The largest absolute Gasteiger partial charge is 0.478 e. The summed E-state index contributed by atoms with van der Waals surface area (Å²) in [6.07, 6.45) is 3.80. The van der Waals surface area contributed by atoms with Gasteiger partial charge in [-0.05, 0) is 44.5 Å². The molecule has 0 unspecified atom stereocenters. The number of carbonyl (C=O) groups is 1. The monoisotopic (exact) mass is 370 g/mol. The summed E-state index contributed by atoms with van der Waals surface area (Å²) < 4.78 is 6.04. The van der Waals surface area contributed by atoms with Crippen molar-refractivity contribution in [2.75, 3.05) is 23.7 Å². The van der Waals surface area contributed by atoms with E-state index in [1.54, 1.807) is 18.2 Å². The maximum Gasteiger partial charge on any atom is 0.335 e. The van der Waals surface area contributed by atoms with Crippen molar-refractivity contribution in [2.24, 2.45) is 0 Å². The van der Waals surface area contributed by atoms with Crippen LogP contribution in [0.25, 0.3) is 0 Å². The van der Waals surface area contributed by atoms with Crippen molar-refractivity contribution in [3.8, 4) is 11.5 Å². The Balaban J connectivity index is 0.00000114. The second-order valence-electron chi connectivity index (χ2n) is 5.84. The lowest BCUT2D eigenvalue weighted by molar-refractivity contribution is 0.0697. The molecule has 146 valence electrons. The molecular formula is C22H30N2O3. The molecule has 0 saturated carbocycles. The summed E-state index contributed by atoms with van der Waals surface area (Å²) in [4.78, 5) is 11.4. The summed E-state index contributed by atoms with van der Waals surface area (Å²) in [7, 11) is 0. The number of ether oxygens (including phenoxy) is 1. The first-order valence-corrected chi connectivity index (χ1v) is 9.26. The van der Waals surface area contributed by atoms with E-state index in [4.69, 9.17) is 4.74 Å². The van der Waals surface area contributed by atoms with E-state index in [1.165, 1.54) is 0 Å². The lowest BCUT2D eigenvalue weighted by atomic mass is 10.1. The summed E-state index contributed by atoms with van der Waals surface area (Å²) >= 11 is 0. The van der Waals surface area contributed by atoms with Gasteiger partial charge in [0.1, 0.15) is 5.75 Å². The fourth-order valence-electron chi connectivity index (χ4n) is 2.32. The van der Waals surface area contributed by atoms with Crippen LogP contribution in [0.4, 0.5) is 11.4 Å². The Morgan fingerprint density at radius 1 is 1.15 bits per heavy atom. The standard InChI is InChI=1S/C19H24N2O3.C3H6/c1-3-5-11-21-17-13-14(19(22)23)12-16(20-4-2)18(17)24-15-9-7-6-8-10-15;1-3-2/h6-10,12-13,20-21H,3-5,11H2,1-2H3,(H,22,23);3H,1H2,2H3. The van der Waals surface area contributed by atoms with E-state index in [9.17, 15) is 9.90 Å². The molecule has 0 atom stereocenters. The number of anilines is 2. The van der Waals surface area contributed by atoms with Crippen LogP contribution in [-0.2, 0) is 0 Å². The van der Waals surface area contributed by atoms with Crippen molar-refractivity contribution in [3.05, 3.63) is 60.7 Å². The molecule has 0 radical (unpaired) electrons. The van der Waals surface area contributed by atoms with Crippen LogP contribution in [0.15, 0.2) is 55.1 Å². The highest BCUT2D eigenvalue weighted by Gasteiger charge is 2.16. The maximum atomic E-state index is 11.4. The number of nitrogens with one attached hydrogen (secondary N) is 2. The van der Waals surface area contributed by atoms with Gasteiger partial charge >= 0.3 is 5.97 Å². The molecule has 0 aromatic heterocycles. The van der Waals surface area contributed by atoms with Gasteiger partial charge in [0.15, 0.2) is 5.75 Å². The zero-order valence-corrected chi connectivity index (χ0v) is 16.4. The number of allylic oxidation sites excluding steroid dienone is 1. The number of hydrogen-bond donors (Lipinski definition) is 3. The Hall–Kier alpha value is -2.95. The smallest absolute Gasteiger partial charge is 0.335 e. The number of aromatic carboxylic acids is 1. The van der Waals surface area contributed by atoms with Gasteiger partial charge in [0.2, 0.25) is 0 Å². The third kappa shape index (κ3) is 7.44. The molecular weight excluding hydrogens is 340 g/mol. The third-order valence-electron chi connectivity index (χ3n) is 3.51. The highest BCUT2D eigenvalue weighted by molar-refractivity contribution is 5.92. The Labute approximate surface area is 162 Å². The molecule has 2 aromatic rings. The van der Waals surface area contributed by atoms with Crippen LogP contribution in [0.1, 0.15) is 44.0 Å². The van der Waals surface area contributed by atoms with Gasteiger partial charge in [-0.3, -0.25) is 0 Å². The maximum absolute atomic E-state index is 11.4. The van der Waals surface area contributed by atoms with Gasteiger partial charge in [-0.25, -0.2) is 4.79 Å². The predicted molar refractivity (Wildman–Crippen MR) is 113 cm³/mol. The van der Waals surface area contributed by atoms with Crippen molar-refractivity contribution >= 4 is 17.3 Å². The minimum absolute atomic E-state index is 0.227. The third-order valence-corrected chi connectivity index (χ3v) is 3.51. The highest BCUT2D eigenvalue weighted by Crippen LogP contribution is 2.38. The molecule has 0 aliphatic rings. The van der Waals surface area contributed by atoms with Gasteiger partial charge in [-0.15, -0.1) is 6.58 Å². The van der Waals surface area contributed by atoms with Gasteiger partial charge in [0, 0.05) is 13.1 Å². The molecule has 0 saturated heterocycles. The van der Waals surface area contributed by atoms with Crippen LogP contribution >= 0.6 is 0 Å². The summed E-state index contributed by atoms with van der Waals surface area (Å²) in [6.45, 7) is 10.8. The summed E-state index contributed by atoms with van der Waals surface area (Å²) in [5, 5.41) is 15.9. The number of rotatable bonds is 9. The second kappa shape index (κ2) is 12.4. The lowest BCUT2D eigenvalue weighted by Gasteiger charge is -2.18. The Kier molecular flexibility index (Phi) is 10.2. The van der Waals surface area contributed by atoms with Crippen LogP contribution in [0, 0.1) is 0 Å². The molecule has 5 nitrogen and oxygen atoms in total. The van der Waals surface area contributed by atoms with Crippen molar-refractivity contribution < 1.29 is 14.6 Å². The molecule has 0 spiro atoms. The first kappa shape index (κ1) is 22.1. The van der Waals surface area contributed by atoms with E-state index in [1.807, 2.05) is 44.2 Å². The number of unbranched alkanes of at least 4 members (excludes halogenated alkanes) is 1. The van der Waals surface area contributed by atoms with Crippen molar-refractivity contribution in [1.82, 2.24) is 0 Å². The molecule has 2 rings (SSSR count). The first-order valence-electron chi connectivity index (χ1n) is 9.26. The van der Waals surface area contributed by atoms with Gasteiger partial charge in [0.25, 0.3) is 0 Å². The number of para-hydroxylation sites is 1. The van der Waals surface area contributed by atoms with Gasteiger partial charge < -0.3 is 20.5 Å². The molecule has 0 heterocycles.